The maximum absolute atomic E-state index is 14.8. The number of carbonyl (C=O) groups excluding carboxylic acids is 2. The number of hydrogen-bond acceptors (Lipinski definition) is 4. The zero-order valence-corrected chi connectivity index (χ0v) is 23.0. The van der Waals surface area contributed by atoms with E-state index in [-0.39, 0.29) is 5.56 Å². The number of carbonyl (C=O) groups is 2. The van der Waals surface area contributed by atoms with E-state index < -0.39 is 47.6 Å². The number of benzene rings is 2. The van der Waals surface area contributed by atoms with Crippen molar-refractivity contribution in [3.05, 3.63) is 83.7 Å². The molecule has 2 amide bonds. The van der Waals surface area contributed by atoms with E-state index in [1.54, 1.807) is 24.1 Å². The van der Waals surface area contributed by atoms with Crippen LogP contribution in [0.3, 0.4) is 0 Å². The molecule has 2 atom stereocenters. The van der Waals surface area contributed by atoms with Crippen molar-refractivity contribution in [2.45, 2.75) is 52.7 Å². The van der Waals surface area contributed by atoms with E-state index in [0.29, 0.717) is 31.6 Å². The zero-order chi connectivity index (χ0) is 28.7. The van der Waals surface area contributed by atoms with Gasteiger partial charge in [0.1, 0.15) is 18.2 Å². The summed E-state index contributed by atoms with van der Waals surface area (Å²) in [5, 5.41) is 12.9. The lowest BCUT2D eigenvalue weighted by Crippen LogP contribution is -2.45. The van der Waals surface area contributed by atoms with Crippen LogP contribution in [0.25, 0.3) is 11.1 Å². The van der Waals surface area contributed by atoms with Crippen LogP contribution in [0.5, 0.6) is 0 Å². The van der Waals surface area contributed by atoms with Gasteiger partial charge >= 0.3 is 0 Å². The Balaban J connectivity index is 2.08. The molecule has 0 aliphatic heterocycles. The fourth-order valence-electron chi connectivity index (χ4n) is 4.77. The summed E-state index contributed by atoms with van der Waals surface area (Å²) in [5.74, 6) is -2.03. The second-order valence-corrected chi connectivity index (χ2v) is 10.8. The zero-order valence-electron chi connectivity index (χ0n) is 23.0. The van der Waals surface area contributed by atoms with Crippen LogP contribution >= 0.6 is 0 Å². The lowest BCUT2D eigenvalue weighted by molar-refractivity contribution is -0.139. The molecule has 0 fully saturated rings. The highest BCUT2D eigenvalue weighted by Crippen LogP contribution is 2.41. The maximum Gasteiger partial charge on any atom is 0.248 e. The molecule has 0 aliphatic rings. The summed E-state index contributed by atoms with van der Waals surface area (Å²) < 4.78 is 30.9. The van der Waals surface area contributed by atoms with Gasteiger partial charge in [-0.2, -0.15) is 0 Å². The Morgan fingerprint density at radius 1 is 1.10 bits per heavy atom. The lowest BCUT2D eigenvalue weighted by atomic mass is 9.83. The van der Waals surface area contributed by atoms with E-state index in [1.807, 2.05) is 55.7 Å². The molecule has 7 nitrogen and oxygen atoms in total. The number of hydrogen-bond donors (Lipinski definition) is 3. The van der Waals surface area contributed by atoms with Crippen LogP contribution in [0, 0.1) is 17.0 Å². The normalized spacial score (nSPS) is 13.2. The SMILES string of the molecule is C[C@H](NCCCN(C(=O)CO)[C@@H](c1cc(-c2cc(F)ccc2F)cn1Cc1ccccc1)C(C)(C)C)C(N)=O. The smallest absolute Gasteiger partial charge is 0.248 e. The first-order chi connectivity index (χ1) is 18.4. The second-order valence-electron chi connectivity index (χ2n) is 10.8. The van der Waals surface area contributed by atoms with E-state index in [9.17, 15) is 23.5 Å². The first kappa shape index (κ1) is 30.0. The number of nitrogens with zero attached hydrogens (tertiary/aromatic N) is 2. The number of amides is 2. The van der Waals surface area contributed by atoms with Gasteiger partial charge in [-0.1, -0.05) is 51.1 Å². The van der Waals surface area contributed by atoms with Gasteiger partial charge < -0.3 is 25.6 Å². The Morgan fingerprint density at radius 2 is 1.79 bits per heavy atom. The van der Waals surface area contributed by atoms with Crippen molar-refractivity contribution in [2.75, 3.05) is 19.7 Å². The van der Waals surface area contributed by atoms with Crippen LogP contribution in [-0.4, -0.2) is 52.1 Å². The summed E-state index contributed by atoms with van der Waals surface area (Å²) in [6, 6.07) is 13.8. The van der Waals surface area contributed by atoms with Crippen LogP contribution in [0.4, 0.5) is 8.78 Å². The molecule has 0 radical (unpaired) electrons. The van der Waals surface area contributed by atoms with E-state index in [1.165, 1.54) is 0 Å². The number of nitrogens with two attached hydrogens (primary N) is 1. The average molecular weight is 541 g/mol. The Bertz CT molecular complexity index is 1270. The van der Waals surface area contributed by atoms with Gasteiger partial charge in [-0.15, -0.1) is 0 Å². The molecule has 2 aromatic carbocycles. The van der Waals surface area contributed by atoms with E-state index in [2.05, 4.69) is 5.32 Å². The van der Waals surface area contributed by atoms with Crippen molar-refractivity contribution in [3.8, 4) is 11.1 Å². The number of rotatable bonds is 12. The number of aromatic nitrogens is 1. The summed E-state index contributed by atoms with van der Waals surface area (Å²) in [5.41, 5.74) is 7.17. The molecule has 0 spiro atoms. The molecule has 0 unspecified atom stereocenters. The molecule has 0 bridgehead atoms. The minimum Gasteiger partial charge on any atom is -0.387 e. The fraction of sp³-hybridized carbons (Fsp3) is 0.400. The summed E-state index contributed by atoms with van der Waals surface area (Å²) >= 11 is 0. The molecule has 39 heavy (non-hydrogen) atoms. The van der Waals surface area contributed by atoms with Crippen molar-refractivity contribution < 1.29 is 23.5 Å². The van der Waals surface area contributed by atoms with E-state index in [0.717, 1.165) is 29.5 Å². The molecule has 0 saturated carbocycles. The van der Waals surface area contributed by atoms with Crippen LogP contribution < -0.4 is 11.1 Å². The monoisotopic (exact) mass is 540 g/mol. The summed E-state index contributed by atoms with van der Waals surface area (Å²) in [4.78, 5) is 26.1. The lowest BCUT2D eigenvalue weighted by Gasteiger charge is -2.41. The quantitative estimate of drug-likeness (QED) is 0.299. The molecule has 1 aromatic heterocycles. The third-order valence-electron chi connectivity index (χ3n) is 6.69. The predicted molar refractivity (Wildman–Crippen MR) is 148 cm³/mol. The first-order valence-corrected chi connectivity index (χ1v) is 13.0. The molecule has 3 aromatic rings. The Kier molecular flexibility index (Phi) is 9.99. The van der Waals surface area contributed by atoms with Crippen molar-refractivity contribution in [2.24, 2.45) is 11.1 Å². The van der Waals surface area contributed by atoms with Crippen LogP contribution in [0.15, 0.2) is 60.8 Å². The fourth-order valence-corrected chi connectivity index (χ4v) is 4.77. The summed E-state index contributed by atoms with van der Waals surface area (Å²) in [7, 11) is 0. The highest BCUT2D eigenvalue weighted by atomic mass is 19.1. The van der Waals surface area contributed by atoms with Gasteiger partial charge in [0.25, 0.3) is 0 Å². The number of aliphatic hydroxyl groups is 1. The van der Waals surface area contributed by atoms with Crippen molar-refractivity contribution in [3.63, 3.8) is 0 Å². The average Bonchev–Trinajstić information content (AvgIpc) is 3.28. The highest BCUT2D eigenvalue weighted by Gasteiger charge is 2.37. The molecule has 3 rings (SSSR count). The van der Waals surface area contributed by atoms with Gasteiger partial charge in [-0.05, 0) is 55.1 Å². The van der Waals surface area contributed by atoms with Gasteiger partial charge in [-0.25, -0.2) is 8.78 Å². The Hall–Kier alpha value is -3.56. The predicted octanol–water partition coefficient (Wildman–Crippen LogP) is 4.24. The molecule has 210 valence electrons. The number of nitrogens with one attached hydrogen (secondary N) is 1. The third-order valence-corrected chi connectivity index (χ3v) is 6.69. The Labute approximate surface area is 228 Å². The van der Waals surface area contributed by atoms with Gasteiger partial charge in [0.2, 0.25) is 11.8 Å². The standard InChI is InChI=1S/C30H38F2N4O3/c1-20(29(33)39)34-13-8-14-36(27(38)19-37)28(30(2,3)4)26-15-22(24-16-23(31)11-12-25(24)32)18-35(26)17-21-9-6-5-7-10-21/h5-7,9-12,15-16,18,20,28,34,37H,8,13-14,17,19H2,1-4H3,(H2,33,39)/t20-,28-/m0/s1. The summed E-state index contributed by atoms with van der Waals surface area (Å²) in [6.07, 6.45) is 2.28. The molecule has 0 saturated heterocycles. The van der Waals surface area contributed by atoms with Crippen molar-refractivity contribution in [1.82, 2.24) is 14.8 Å². The largest absolute Gasteiger partial charge is 0.387 e. The molecule has 4 N–H and O–H groups in total. The Morgan fingerprint density at radius 3 is 2.41 bits per heavy atom. The summed E-state index contributed by atoms with van der Waals surface area (Å²) in [6.45, 7) is 8.13. The number of primary amides is 1. The van der Waals surface area contributed by atoms with Crippen LogP contribution in [0.1, 0.15) is 51.4 Å². The topological polar surface area (TPSA) is 101 Å². The van der Waals surface area contributed by atoms with Gasteiger partial charge in [0, 0.05) is 36.1 Å². The van der Waals surface area contributed by atoms with Gasteiger partial charge in [0.05, 0.1) is 12.1 Å². The highest BCUT2D eigenvalue weighted by molar-refractivity contribution is 5.79. The van der Waals surface area contributed by atoms with Crippen LogP contribution in [-0.2, 0) is 16.1 Å². The van der Waals surface area contributed by atoms with Crippen molar-refractivity contribution >= 4 is 11.8 Å². The molecular weight excluding hydrogens is 502 g/mol. The molecular formula is C30H38F2N4O3. The van der Waals surface area contributed by atoms with Gasteiger partial charge in [-0.3, -0.25) is 9.59 Å². The third kappa shape index (κ3) is 7.74. The van der Waals surface area contributed by atoms with Gasteiger partial charge in [0.15, 0.2) is 0 Å². The molecule has 1 heterocycles. The second kappa shape index (κ2) is 13.0. The number of aliphatic hydroxyl groups excluding tert-OH is 1. The molecule has 9 heteroatoms. The minimum absolute atomic E-state index is 0.125. The minimum atomic E-state index is -0.678. The van der Waals surface area contributed by atoms with Crippen molar-refractivity contribution in [1.29, 1.82) is 0 Å². The molecule has 0 aliphatic carbocycles. The first-order valence-electron chi connectivity index (χ1n) is 13.0. The van der Waals surface area contributed by atoms with E-state index >= 15 is 0 Å². The maximum atomic E-state index is 14.8. The van der Waals surface area contributed by atoms with Crippen LogP contribution in [0.2, 0.25) is 0 Å². The van der Waals surface area contributed by atoms with E-state index in [4.69, 9.17) is 5.73 Å². The number of halogens is 2.